The second kappa shape index (κ2) is 5.84. The van der Waals surface area contributed by atoms with Crippen LogP contribution >= 0.6 is 11.6 Å². The van der Waals surface area contributed by atoms with E-state index >= 15 is 0 Å². The Labute approximate surface area is 120 Å². The van der Waals surface area contributed by atoms with Gasteiger partial charge in [0.05, 0.1) is 11.7 Å². The third-order valence-corrected chi connectivity index (χ3v) is 4.90. The molecule has 2 aliphatic carbocycles. The Kier molecular flexibility index (Phi) is 4.13. The minimum Gasteiger partial charge on any atom is -0.300 e. The third-order valence-electron chi connectivity index (χ3n) is 4.54. The molecule has 1 aromatic heterocycles. The molecule has 0 spiro atoms. The van der Waals surface area contributed by atoms with E-state index in [1.807, 2.05) is 0 Å². The van der Waals surface area contributed by atoms with Gasteiger partial charge in [-0.25, -0.2) is 0 Å². The highest BCUT2D eigenvalue weighted by molar-refractivity contribution is 6.21. The molecule has 0 unspecified atom stereocenters. The zero-order valence-electron chi connectivity index (χ0n) is 11.8. The minimum absolute atomic E-state index is 0.431. The Morgan fingerprint density at radius 3 is 2.79 bits per heavy atom. The van der Waals surface area contributed by atoms with Crippen molar-refractivity contribution in [2.75, 3.05) is 13.6 Å². The maximum Gasteiger partial charge on any atom is 0.0764 e. The van der Waals surface area contributed by atoms with E-state index in [0.717, 1.165) is 19.0 Å². The number of aromatic nitrogens is 2. The SMILES string of the molecule is CN(Cc1ccn(C2CCCC2)n1)CC1CC(Cl)C1. The molecule has 19 heavy (non-hydrogen) atoms. The van der Waals surface area contributed by atoms with Crippen molar-refractivity contribution in [3.05, 3.63) is 18.0 Å². The van der Waals surface area contributed by atoms with Gasteiger partial charge in [-0.1, -0.05) is 12.8 Å². The molecule has 2 fully saturated rings. The maximum absolute atomic E-state index is 6.03. The minimum atomic E-state index is 0.431. The van der Waals surface area contributed by atoms with Crippen molar-refractivity contribution in [2.45, 2.75) is 56.5 Å². The number of hydrogen-bond donors (Lipinski definition) is 0. The summed E-state index contributed by atoms with van der Waals surface area (Å²) in [5, 5.41) is 5.18. The maximum atomic E-state index is 6.03. The fraction of sp³-hybridized carbons (Fsp3) is 0.800. The summed E-state index contributed by atoms with van der Waals surface area (Å²) in [5.41, 5.74) is 1.20. The molecular formula is C15H24ClN3. The van der Waals surface area contributed by atoms with E-state index in [9.17, 15) is 0 Å². The predicted molar refractivity (Wildman–Crippen MR) is 78.4 cm³/mol. The highest BCUT2D eigenvalue weighted by atomic mass is 35.5. The molecule has 0 saturated heterocycles. The van der Waals surface area contributed by atoms with E-state index in [1.54, 1.807) is 0 Å². The summed E-state index contributed by atoms with van der Waals surface area (Å²) in [6.45, 7) is 2.11. The van der Waals surface area contributed by atoms with Crippen molar-refractivity contribution in [1.82, 2.24) is 14.7 Å². The third kappa shape index (κ3) is 3.32. The number of rotatable bonds is 5. The van der Waals surface area contributed by atoms with Gasteiger partial charge in [-0.2, -0.15) is 5.10 Å². The Morgan fingerprint density at radius 1 is 1.37 bits per heavy atom. The van der Waals surface area contributed by atoms with Gasteiger partial charge in [-0.15, -0.1) is 11.6 Å². The molecule has 0 amide bonds. The molecule has 2 saturated carbocycles. The zero-order valence-corrected chi connectivity index (χ0v) is 12.5. The lowest BCUT2D eigenvalue weighted by atomic mass is 9.84. The highest BCUT2D eigenvalue weighted by Crippen LogP contribution is 2.32. The Balaban J connectivity index is 1.49. The summed E-state index contributed by atoms with van der Waals surface area (Å²) in [4.78, 5) is 2.38. The first-order chi connectivity index (χ1) is 9.20. The molecule has 0 bridgehead atoms. The van der Waals surface area contributed by atoms with Crippen molar-refractivity contribution in [3.63, 3.8) is 0 Å². The lowest BCUT2D eigenvalue weighted by molar-refractivity contribution is 0.202. The van der Waals surface area contributed by atoms with Gasteiger partial charge in [0.25, 0.3) is 0 Å². The average Bonchev–Trinajstić information content (AvgIpc) is 2.96. The standard InChI is InChI=1S/C15H24ClN3/c1-18(10-12-8-13(16)9-12)11-14-6-7-19(17-14)15-4-2-3-5-15/h6-7,12-13,15H,2-5,8-11H2,1H3. The summed E-state index contributed by atoms with van der Waals surface area (Å²) in [6, 6.07) is 2.84. The first-order valence-corrected chi connectivity index (χ1v) is 8.01. The predicted octanol–water partition coefficient (Wildman–Crippen LogP) is 3.45. The van der Waals surface area contributed by atoms with Gasteiger partial charge in [0.2, 0.25) is 0 Å². The van der Waals surface area contributed by atoms with Crippen LogP contribution in [0.4, 0.5) is 0 Å². The molecule has 4 heteroatoms. The topological polar surface area (TPSA) is 21.1 Å². The van der Waals surface area contributed by atoms with Crippen LogP contribution in [0.2, 0.25) is 0 Å². The summed E-state index contributed by atoms with van der Waals surface area (Å²) in [5.74, 6) is 0.796. The average molecular weight is 282 g/mol. The van der Waals surface area contributed by atoms with Crippen LogP contribution in [0, 0.1) is 5.92 Å². The van der Waals surface area contributed by atoms with Crippen molar-refractivity contribution in [2.24, 2.45) is 5.92 Å². The smallest absolute Gasteiger partial charge is 0.0764 e. The largest absolute Gasteiger partial charge is 0.300 e. The molecular weight excluding hydrogens is 258 g/mol. The zero-order chi connectivity index (χ0) is 13.2. The Hall–Kier alpha value is -0.540. The second-order valence-corrected chi connectivity index (χ2v) is 6.97. The first kappa shape index (κ1) is 13.4. The van der Waals surface area contributed by atoms with Crippen molar-refractivity contribution in [3.8, 4) is 0 Å². The molecule has 106 valence electrons. The number of halogens is 1. The number of alkyl halides is 1. The molecule has 1 heterocycles. The van der Waals surface area contributed by atoms with Crippen LogP contribution in [0.3, 0.4) is 0 Å². The highest BCUT2D eigenvalue weighted by Gasteiger charge is 2.28. The summed E-state index contributed by atoms with van der Waals surface area (Å²) < 4.78 is 2.19. The summed E-state index contributed by atoms with van der Waals surface area (Å²) in [7, 11) is 2.19. The van der Waals surface area contributed by atoms with Gasteiger partial charge in [-0.05, 0) is 44.7 Å². The van der Waals surface area contributed by atoms with Crippen LogP contribution in [-0.2, 0) is 6.54 Å². The van der Waals surface area contributed by atoms with Gasteiger partial charge in [0, 0.05) is 24.7 Å². The van der Waals surface area contributed by atoms with Gasteiger partial charge < -0.3 is 4.90 Å². The summed E-state index contributed by atoms with van der Waals surface area (Å²) >= 11 is 6.03. The fourth-order valence-electron chi connectivity index (χ4n) is 3.42. The van der Waals surface area contributed by atoms with Crippen molar-refractivity contribution in [1.29, 1.82) is 0 Å². The number of hydrogen-bond acceptors (Lipinski definition) is 2. The molecule has 1 aromatic rings. The first-order valence-electron chi connectivity index (χ1n) is 7.57. The van der Waals surface area contributed by atoms with Crippen LogP contribution in [-0.4, -0.2) is 33.6 Å². The molecule has 0 atom stereocenters. The van der Waals surface area contributed by atoms with E-state index in [0.29, 0.717) is 11.4 Å². The van der Waals surface area contributed by atoms with Gasteiger partial charge in [-0.3, -0.25) is 4.68 Å². The van der Waals surface area contributed by atoms with Crippen LogP contribution < -0.4 is 0 Å². The van der Waals surface area contributed by atoms with E-state index in [1.165, 1.54) is 44.2 Å². The van der Waals surface area contributed by atoms with E-state index in [2.05, 4.69) is 28.9 Å². The lowest BCUT2D eigenvalue weighted by Crippen LogP contribution is -2.34. The van der Waals surface area contributed by atoms with Crippen LogP contribution in [0.5, 0.6) is 0 Å². The monoisotopic (exact) mass is 281 g/mol. The Bertz CT molecular complexity index is 405. The lowest BCUT2D eigenvalue weighted by Gasteiger charge is -2.33. The van der Waals surface area contributed by atoms with Crippen LogP contribution in [0.15, 0.2) is 12.3 Å². The molecule has 3 nitrogen and oxygen atoms in total. The fourth-order valence-corrected chi connectivity index (χ4v) is 3.92. The molecule has 3 rings (SSSR count). The number of nitrogens with zero attached hydrogens (tertiary/aromatic N) is 3. The Morgan fingerprint density at radius 2 is 2.11 bits per heavy atom. The quantitative estimate of drug-likeness (QED) is 0.771. The molecule has 0 N–H and O–H groups in total. The van der Waals surface area contributed by atoms with Gasteiger partial charge >= 0.3 is 0 Å². The van der Waals surface area contributed by atoms with Gasteiger partial charge in [0.15, 0.2) is 0 Å². The van der Waals surface area contributed by atoms with Crippen molar-refractivity contribution < 1.29 is 0 Å². The molecule has 2 aliphatic rings. The van der Waals surface area contributed by atoms with E-state index in [-0.39, 0.29) is 0 Å². The summed E-state index contributed by atoms with van der Waals surface area (Å²) in [6.07, 6.45) is 9.86. The normalized spacial score (nSPS) is 27.9. The van der Waals surface area contributed by atoms with Crippen LogP contribution in [0.25, 0.3) is 0 Å². The molecule has 0 radical (unpaired) electrons. The van der Waals surface area contributed by atoms with E-state index in [4.69, 9.17) is 16.7 Å². The second-order valence-electron chi connectivity index (χ2n) is 6.36. The van der Waals surface area contributed by atoms with E-state index < -0.39 is 0 Å². The molecule has 0 aromatic carbocycles. The van der Waals surface area contributed by atoms with Crippen LogP contribution in [0.1, 0.15) is 50.3 Å². The van der Waals surface area contributed by atoms with Gasteiger partial charge in [0.1, 0.15) is 0 Å². The van der Waals surface area contributed by atoms with Crippen molar-refractivity contribution >= 4 is 11.6 Å². The molecule has 0 aliphatic heterocycles.